The first kappa shape index (κ1) is 14.5. The van der Waals surface area contributed by atoms with Crippen molar-refractivity contribution >= 4 is 28.1 Å². The molecular weight excluding hydrogens is 272 g/mol. The lowest BCUT2D eigenvalue weighted by atomic mass is 10.1. The van der Waals surface area contributed by atoms with E-state index in [9.17, 15) is 4.79 Å². The summed E-state index contributed by atoms with van der Waals surface area (Å²) in [6.07, 6.45) is 2.10. The van der Waals surface area contributed by atoms with E-state index in [1.165, 1.54) is 16.9 Å². The van der Waals surface area contributed by atoms with Crippen molar-refractivity contribution in [2.75, 3.05) is 11.9 Å². The standard InChI is InChI=1S/C15H18N2O2S/c1-3-7-11-8-5-6-9-12(11)16-15-17-13(10-20-15)14(18)19-4-2/h5-6,8-10H,3-4,7H2,1-2H3,(H,16,17). The van der Waals surface area contributed by atoms with Gasteiger partial charge in [0.15, 0.2) is 10.8 Å². The van der Waals surface area contributed by atoms with Crippen molar-refractivity contribution in [1.82, 2.24) is 4.98 Å². The molecule has 2 aromatic rings. The van der Waals surface area contributed by atoms with Crippen molar-refractivity contribution in [3.05, 3.63) is 40.9 Å². The van der Waals surface area contributed by atoms with Crippen LogP contribution in [0.1, 0.15) is 36.3 Å². The number of nitrogens with zero attached hydrogens (tertiary/aromatic N) is 1. The predicted octanol–water partition coefficient (Wildman–Crippen LogP) is 4.02. The van der Waals surface area contributed by atoms with E-state index in [-0.39, 0.29) is 5.97 Å². The number of aromatic nitrogens is 1. The van der Waals surface area contributed by atoms with Gasteiger partial charge in [-0.3, -0.25) is 0 Å². The zero-order chi connectivity index (χ0) is 14.4. The topological polar surface area (TPSA) is 51.2 Å². The van der Waals surface area contributed by atoms with Crippen LogP contribution in [-0.4, -0.2) is 17.6 Å². The molecule has 20 heavy (non-hydrogen) atoms. The normalized spacial score (nSPS) is 10.3. The first-order valence-electron chi connectivity index (χ1n) is 6.72. The van der Waals surface area contributed by atoms with Crippen LogP contribution >= 0.6 is 11.3 Å². The summed E-state index contributed by atoms with van der Waals surface area (Å²) >= 11 is 1.40. The zero-order valence-corrected chi connectivity index (χ0v) is 12.5. The Kier molecular flexibility index (Phi) is 5.12. The number of thiazole rings is 1. The van der Waals surface area contributed by atoms with Crippen LogP contribution in [0.25, 0.3) is 0 Å². The SMILES string of the molecule is CCCc1ccccc1Nc1nc(C(=O)OCC)cs1. The molecule has 1 aromatic heterocycles. The summed E-state index contributed by atoms with van der Waals surface area (Å²) in [4.78, 5) is 15.8. The Labute approximate surface area is 122 Å². The van der Waals surface area contributed by atoms with Crippen LogP contribution < -0.4 is 5.32 Å². The van der Waals surface area contributed by atoms with E-state index in [1.54, 1.807) is 12.3 Å². The largest absolute Gasteiger partial charge is 0.461 e. The third-order valence-electron chi connectivity index (χ3n) is 2.77. The number of aryl methyl sites for hydroxylation is 1. The van der Waals surface area contributed by atoms with Crippen molar-refractivity contribution in [3.8, 4) is 0 Å². The number of carbonyl (C=O) groups excluding carboxylic acids is 1. The maximum atomic E-state index is 11.6. The van der Waals surface area contributed by atoms with Gasteiger partial charge in [0.25, 0.3) is 0 Å². The van der Waals surface area contributed by atoms with E-state index in [0.717, 1.165) is 18.5 Å². The minimum atomic E-state index is -0.376. The molecule has 0 aliphatic carbocycles. The number of para-hydroxylation sites is 1. The lowest BCUT2D eigenvalue weighted by Gasteiger charge is -2.08. The summed E-state index contributed by atoms with van der Waals surface area (Å²) in [5.41, 5.74) is 2.65. The van der Waals surface area contributed by atoms with Crippen LogP contribution in [0, 0.1) is 0 Å². The van der Waals surface area contributed by atoms with Crippen LogP contribution in [0.4, 0.5) is 10.8 Å². The van der Waals surface area contributed by atoms with Gasteiger partial charge in [0, 0.05) is 11.1 Å². The highest BCUT2D eigenvalue weighted by atomic mass is 32.1. The maximum Gasteiger partial charge on any atom is 0.357 e. The first-order valence-corrected chi connectivity index (χ1v) is 7.60. The highest BCUT2D eigenvalue weighted by molar-refractivity contribution is 7.14. The molecule has 2 rings (SSSR count). The van der Waals surface area contributed by atoms with Crippen molar-refractivity contribution in [1.29, 1.82) is 0 Å². The second-order valence-corrected chi connectivity index (χ2v) is 5.15. The fourth-order valence-electron chi connectivity index (χ4n) is 1.87. The van der Waals surface area contributed by atoms with Crippen molar-refractivity contribution in [2.45, 2.75) is 26.7 Å². The van der Waals surface area contributed by atoms with E-state index < -0.39 is 0 Å². The molecule has 0 radical (unpaired) electrons. The molecule has 0 spiro atoms. The third-order valence-corrected chi connectivity index (χ3v) is 3.52. The van der Waals surface area contributed by atoms with E-state index in [1.807, 2.05) is 18.2 Å². The number of ether oxygens (including phenoxy) is 1. The summed E-state index contributed by atoms with van der Waals surface area (Å²) < 4.78 is 4.93. The molecule has 0 fully saturated rings. The Bertz CT molecular complexity index is 581. The molecule has 5 heteroatoms. The van der Waals surface area contributed by atoms with Crippen LogP contribution in [0.5, 0.6) is 0 Å². The van der Waals surface area contributed by atoms with Crippen LogP contribution in [0.15, 0.2) is 29.6 Å². The van der Waals surface area contributed by atoms with Gasteiger partial charge in [0.05, 0.1) is 6.61 Å². The summed E-state index contributed by atoms with van der Waals surface area (Å²) in [5.74, 6) is -0.376. The van der Waals surface area contributed by atoms with Gasteiger partial charge in [-0.15, -0.1) is 11.3 Å². The number of anilines is 2. The van der Waals surface area contributed by atoms with Crippen molar-refractivity contribution in [3.63, 3.8) is 0 Å². The number of nitrogens with one attached hydrogen (secondary N) is 1. The third kappa shape index (κ3) is 3.57. The predicted molar refractivity (Wildman–Crippen MR) is 81.8 cm³/mol. The Hall–Kier alpha value is -1.88. The molecule has 1 heterocycles. The number of hydrogen-bond donors (Lipinski definition) is 1. The highest BCUT2D eigenvalue weighted by Gasteiger charge is 2.12. The number of rotatable bonds is 6. The number of esters is 1. The fourth-order valence-corrected chi connectivity index (χ4v) is 2.57. The second kappa shape index (κ2) is 7.05. The van der Waals surface area contributed by atoms with E-state index in [0.29, 0.717) is 17.4 Å². The Morgan fingerprint density at radius 3 is 2.90 bits per heavy atom. The molecule has 0 atom stereocenters. The summed E-state index contributed by atoms with van der Waals surface area (Å²) in [7, 11) is 0. The maximum absolute atomic E-state index is 11.6. The van der Waals surface area contributed by atoms with Gasteiger partial charge in [-0.1, -0.05) is 31.5 Å². The molecule has 0 saturated carbocycles. The number of carbonyl (C=O) groups is 1. The highest BCUT2D eigenvalue weighted by Crippen LogP contribution is 2.24. The van der Waals surface area contributed by atoms with Crippen molar-refractivity contribution in [2.24, 2.45) is 0 Å². The molecule has 0 unspecified atom stereocenters. The van der Waals surface area contributed by atoms with Crippen molar-refractivity contribution < 1.29 is 9.53 Å². The molecular formula is C15H18N2O2S. The first-order chi connectivity index (χ1) is 9.74. The van der Waals surface area contributed by atoms with Crippen LogP contribution in [0.3, 0.4) is 0 Å². The Morgan fingerprint density at radius 1 is 1.35 bits per heavy atom. The molecule has 1 N–H and O–H groups in total. The van der Waals surface area contributed by atoms with Gasteiger partial charge < -0.3 is 10.1 Å². The average molecular weight is 290 g/mol. The fraction of sp³-hybridized carbons (Fsp3) is 0.333. The summed E-state index contributed by atoms with van der Waals surface area (Å²) in [6.45, 7) is 4.29. The number of hydrogen-bond acceptors (Lipinski definition) is 5. The minimum Gasteiger partial charge on any atom is -0.461 e. The van der Waals surface area contributed by atoms with Gasteiger partial charge in [0.1, 0.15) is 0 Å². The lowest BCUT2D eigenvalue weighted by Crippen LogP contribution is -2.05. The smallest absolute Gasteiger partial charge is 0.357 e. The molecule has 1 aromatic carbocycles. The van der Waals surface area contributed by atoms with E-state index >= 15 is 0 Å². The zero-order valence-electron chi connectivity index (χ0n) is 11.7. The van der Waals surface area contributed by atoms with Gasteiger partial charge in [-0.25, -0.2) is 9.78 Å². The molecule has 0 aliphatic rings. The van der Waals surface area contributed by atoms with E-state index in [2.05, 4.69) is 23.3 Å². The monoisotopic (exact) mass is 290 g/mol. The average Bonchev–Trinajstić information content (AvgIpc) is 2.90. The molecule has 106 valence electrons. The quantitative estimate of drug-likeness (QED) is 0.816. The molecule has 0 amide bonds. The van der Waals surface area contributed by atoms with E-state index in [4.69, 9.17) is 4.74 Å². The summed E-state index contributed by atoms with van der Waals surface area (Å²) in [5, 5.41) is 5.69. The summed E-state index contributed by atoms with van der Waals surface area (Å²) in [6, 6.07) is 8.14. The second-order valence-electron chi connectivity index (χ2n) is 4.29. The molecule has 0 saturated heterocycles. The van der Waals surface area contributed by atoms with Gasteiger partial charge in [0.2, 0.25) is 0 Å². The molecule has 0 bridgehead atoms. The number of benzene rings is 1. The lowest BCUT2D eigenvalue weighted by molar-refractivity contribution is 0.0520. The molecule has 0 aliphatic heterocycles. The molecule has 4 nitrogen and oxygen atoms in total. The minimum absolute atomic E-state index is 0.354. The Morgan fingerprint density at radius 2 is 2.15 bits per heavy atom. The van der Waals surface area contributed by atoms with Crippen LogP contribution in [0.2, 0.25) is 0 Å². The van der Waals surface area contributed by atoms with Gasteiger partial charge in [-0.05, 0) is 25.0 Å². The Balaban J connectivity index is 2.12. The van der Waals surface area contributed by atoms with Gasteiger partial charge in [-0.2, -0.15) is 0 Å². The van der Waals surface area contributed by atoms with Crippen LogP contribution in [-0.2, 0) is 11.2 Å². The van der Waals surface area contributed by atoms with Gasteiger partial charge >= 0.3 is 5.97 Å².